The molecule has 1 fully saturated rings. The van der Waals surface area contributed by atoms with Gasteiger partial charge in [-0.1, -0.05) is 0 Å². The first kappa shape index (κ1) is 23.1. The van der Waals surface area contributed by atoms with Gasteiger partial charge in [-0.25, -0.2) is 30.8 Å². The number of rotatable bonds is 4. The summed E-state index contributed by atoms with van der Waals surface area (Å²) in [6.45, 7) is 4.17. The van der Waals surface area contributed by atoms with Crippen LogP contribution < -0.4 is 0 Å². The van der Waals surface area contributed by atoms with E-state index in [2.05, 4.69) is 0 Å². The fourth-order valence-electron chi connectivity index (χ4n) is 3.18. The zero-order chi connectivity index (χ0) is 22.3. The van der Waals surface area contributed by atoms with Gasteiger partial charge in [0.2, 0.25) is 0 Å². The number of ketones is 1. The van der Waals surface area contributed by atoms with Gasteiger partial charge < -0.3 is 4.74 Å². The van der Waals surface area contributed by atoms with E-state index in [9.17, 15) is 35.6 Å². The first-order valence-corrected chi connectivity index (χ1v) is 10.7. The Morgan fingerprint density at radius 2 is 1.66 bits per heavy atom. The molecule has 1 heterocycles. The molecule has 2 atom stereocenters. The summed E-state index contributed by atoms with van der Waals surface area (Å²) in [5.41, 5.74) is -1.91. The smallest absolute Gasteiger partial charge is 0.410 e. The zero-order valence-electron chi connectivity index (χ0n) is 16.3. The molecule has 1 aromatic carbocycles. The number of carbonyl (C=O) groups is 2. The average molecular weight is 439 g/mol. The zero-order valence-corrected chi connectivity index (χ0v) is 17.1. The fraction of sp³-hybridized carbons (Fsp3) is 0.556. The highest BCUT2D eigenvalue weighted by Gasteiger charge is 2.44. The number of hydrogen-bond acceptors (Lipinski definition) is 5. The van der Waals surface area contributed by atoms with Gasteiger partial charge in [0.15, 0.2) is 38.9 Å². The van der Waals surface area contributed by atoms with Crippen molar-refractivity contribution in [2.75, 3.05) is 18.6 Å². The molecule has 1 aliphatic rings. The van der Waals surface area contributed by atoms with Gasteiger partial charge in [0, 0.05) is 30.3 Å². The molecule has 0 spiro atoms. The van der Waals surface area contributed by atoms with Gasteiger partial charge in [0.05, 0.1) is 6.04 Å². The lowest BCUT2D eigenvalue weighted by Crippen LogP contribution is -2.45. The predicted octanol–water partition coefficient (Wildman–Crippen LogP) is 2.95. The summed E-state index contributed by atoms with van der Waals surface area (Å²) in [4.78, 5) is 25.8. The summed E-state index contributed by atoms with van der Waals surface area (Å²) in [5.74, 6) is -9.57. The maximum Gasteiger partial charge on any atom is 0.410 e. The van der Waals surface area contributed by atoms with Crippen molar-refractivity contribution in [1.82, 2.24) is 4.90 Å². The minimum absolute atomic E-state index is 0.0566. The highest BCUT2D eigenvalue weighted by atomic mass is 32.2. The van der Waals surface area contributed by atoms with Crippen molar-refractivity contribution in [3.63, 3.8) is 0 Å². The van der Waals surface area contributed by atoms with E-state index < -0.39 is 86.8 Å². The van der Waals surface area contributed by atoms with E-state index in [-0.39, 0.29) is 6.07 Å². The van der Waals surface area contributed by atoms with Crippen molar-refractivity contribution in [2.24, 2.45) is 0 Å². The quantitative estimate of drug-likeness (QED) is 0.532. The van der Waals surface area contributed by atoms with Crippen LogP contribution in [0.15, 0.2) is 6.07 Å². The van der Waals surface area contributed by atoms with E-state index in [1.807, 2.05) is 0 Å². The van der Waals surface area contributed by atoms with Gasteiger partial charge in [-0.2, -0.15) is 0 Å². The lowest BCUT2D eigenvalue weighted by atomic mass is 9.94. The lowest BCUT2D eigenvalue weighted by Gasteiger charge is -2.27. The summed E-state index contributed by atoms with van der Waals surface area (Å²) >= 11 is 0. The SMILES string of the molecule is CC(C)(C)OC(=O)N1CC(c2c(F)c(F)cc(F)c2F)CC1C(=O)CS(C)(=O)=O. The molecule has 6 nitrogen and oxygen atoms in total. The molecular formula is C18H21F4NO5S. The molecule has 1 saturated heterocycles. The molecule has 2 rings (SSSR count). The van der Waals surface area contributed by atoms with E-state index in [1.54, 1.807) is 20.8 Å². The Bertz CT molecular complexity index is 916. The van der Waals surface area contributed by atoms with Gasteiger partial charge in [-0.3, -0.25) is 9.69 Å². The molecule has 0 aromatic heterocycles. The minimum atomic E-state index is -3.75. The molecule has 1 aliphatic heterocycles. The molecule has 0 bridgehead atoms. The Kier molecular flexibility index (Phi) is 6.32. The third-order valence-electron chi connectivity index (χ3n) is 4.26. The van der Waals surface area contributed by atoms with Crippen molar-refractivity contribution >= 4 is 21.7 Å². The van der Waals surface area contributed by atoms with Crippen LogP contribution in [0.5, 0.6) is 0 Å². The Labute approximate surface area is 165 Å². The lowest BCUT2D eigenvalue weighted by molar-refractivity contribution is -0.120. The van der Waals surface area contributed by atoms with Crippen molar-refractivity contribution < 1.29 is 40.3 Å². The van der Waals surface area contributed by atoms with E-state index >= 15 is 0 Å². The largest absolute Gasteiger partial charge is 0.444 e. The number of sulfone groups is 1. The molecular weight excluding hydrogens is 418 g/mol. The summed E-state index contributed by atoms with van der Waals surface area (Å²) in [6.07, 6.45) is -0.606. The molecule has 0 N–H and O–H groups in total. The Morgan fingerprint density at radius 1 is 1.14 bits per heavy atom. The minimum Gasteiger partial charge on any atom is -0.444 e. The molecule has 1 amide bonds. The third-order valence-corrected chi connectivity index (χ3v) is 5.07. The second-order valence-corrected chi connectivity index (χ2v) is 10.1. The number of hydrogen-bond donors (Lipinski definition) is 0. The normalized spacial score (nSPS) is 20.1. The standard InChI is InChI=1S/C18H21F4NO5S/c1-18(2,3)28-17(25)23-7-9(5-12(23)13(24)8-29(4,26)27)14-15(21)10(19)6-11(20)16(14)22/h6,9,12H,5,7-8H2,1-4H3. The van der Waals surface area contributed by atoms with Crippen LogP contribution in [0.1, 0.15) is 38.7 Å². The second-order valence-electron chi connectivity index (χ2n) is 8.00. The predicted molar refractivity (Wildman–Crippen MR) is 95.1 cm³/mol. The van der Waals surface area contributed by atoms with Crippen LogP contribution in [0.3, 0.4) is 0 Å². The molecule has 2 unspecified atom stereocenters. The summed E-state index contributed by atoms with van der Waals surface area (Å²) in [5, 5.41) is 0. The third kappa shape index (κ3) is 5.46. The molecule has 0 radical (unpaired) electrons. The number of ether oxygens (including phenoxy) is 1. The van der Waals surface area contributed by atoms with Crippen LogP contribution in [0.25, 0.3) is 0 Å². The van der Waals surface area contributed by atoms with E-state index in [4.69, 9.17) is 4.74 Å². The van der Waals surface area contributed by atoms with Crippen molar-refractivity contribution in [3.05, 3.63) is 34.9 Å². The molecule has 0 saturated carbocycles. The maximum absolute atomic E-state index is 14.2. The van der Waals surface area contributed by atoms with Crippen LogP contribution in [0.2, 0.25) is 0 Å². The number of amides is 1. The van der Waals surface area contributed by atoms with Gasteiger partial charge in [-0.05, 0) is 27.2 Å². The van der Waals surface area contributed by atoms with E-state index in [0.717, 1.165) is 11.2 Å². The highest BCUT2D eigenvalue weighted by molar-refractivity contribution is 7.91. The van der Waals surface area contributed by atoms with Crippen LogP contribution >= 0.6 is 0 Å². The molecule has 162 valence electrons. The van der Waals surface area contributed by atoms with Crippen LogP contribution in [-0.4, -0.2) is 55.4 Å². The number of carbonyl (C=O) groups excluding carboxylic acids is 2. The van der Waals surface area contributed by atoms with Crippen molar-refractivity contribution in [2.45, 2.75) is 44.8 Å². The molecule has 29 heavy (non-hydrogen) atoms. The van der Waals surface area contributed by atoms with Crippen molar-refractivity contribution in [3.8, 4) is 0 Å². The summed E-state index contributed by atoms with van der Waals surface area (Å²) in [7, 11) is -3.75. The van der Waals surface area contributed by atoms with Gasteiger partial charge in [0.1, 0.15) is 11.4 Å². The molecule has 11 heteroatoms. The monoisotopic (exact) mass is 439 g/mol. The Balaban J connectivity index is 2.45. The number of halogens is 4. The first-order valence-electron chi connectivity index (χ1n) is 8.63. The number of likely N-dealkylation sites (tertiary alicyclic amines) is 1. The number of benzene rings is 1. The van der Waals surface area contributed by atoms with Gasteiger partial charge in [0.25, 0.3) is 0 Å². The Morgan fingerprint density at radius 3 is 2.10 bits per heavy atom. The maximum atomic E-state index is 14.2. The summed E-state index contributed by atoms with van der Waals surface area (Å²) in [6, 6.07) is -1.32. The molecule has 0 aliphatic carbocycles. The Hall–Kier alpha value is -2.17. The summed E-state index contributed by atoms with van der Waals surface area (Å²) < 4.78 is 83.7. The van der Waals surface area contributed by atoms with Crippen LogP contribution in [0, 0.1) is 23.3 Å². The van der Waals surface area contributed by atoms with Crippen molar-refractivity contribution in [1.29, 1.82) is 0 Å². The average Bonchev–Trinajstić information content (AvgIpc) is 2.95. The number of nitrogens with zero attached hydrogens (tertiary/aromatic N) is 1. The fourth-order valence-corrected chi connectivity index (χ4v) is 3.89. The first-order chi connectivity index (χ1) is 13.1. The van der Waals surface area contributed by atoms with E-state index in [1.165, 1.54) is 0 Å². The van der Waals surface area contributed by atoms with Gasteiger partial charge in [-0.15, -0.1) is 0 Å². The van der Waals surface area contributed by atoms with Crippen LogP contribution in [-0.2, 0) is 19.4 Å². The van der Waals surface area contributed by atoms with E-state index in [0.29, 0.717) is 0 Å². The van der Waals surface area contributed by atoms with Gasteiger partial charge >= 0.3 is 6.09 Å². The highest BCUT2D eigenvalue weighted by Crippen LogP contribution is 2.37. The second kappa shape index (κ2) is 7.92. The number of Topliss-reactive ketones (excluding diaryl/α,β-unsaturated/α-hetero) is 1. The topological polar surface area (TPSA) is 80.8 Å². The van der Waals surface area contributed by atoms with Crippen LogP contribution in [0.4, 0.5) is 22.4 Å². The molecule has 1 aromatic rings.